The molecule has 0 aromatic heterocycles. The summed E-state index contributed by atoms with van der Waals surface area (Å²) >= 11 is 0. The van der Waals surface area contributed by atoms with Crippen molar-refractivity contribution < 1.29 is 23.8 Å². The van der Waals surface area contributed by atoms with Crippen LogP contribution in [-0.4, -0.2) is 55.0 Å². The van der Waals surface area contributed by atoms with Gasteiger partial charge in [0.15, 0.2) is 5.79 Å². The van der Waals surface area contributed by atoms with Gasteiger partial charge in [-0.05, 0) is 25.0 Å². The van der Waals surface area contributed by atoms with Gasteiger partial charge in [-0.3, -0.25) is 4.84 Å². The molecular weight excluding hydrogens is 394 g/mol. The standard InChI is InChI=1S/C25H31NO5/c1-25(2)30-23-21(27-14-17-10-6-4-7-11-17)19-16-29-26(3)20(19)22(24(23)31-25)28-15-18-12-8-5-9-13-18/h4-13,19-24H,14-16H2,1-3H3/t19?,20?,21-,22-,23-,24+/m1/s1. The predicted octanol–water partition coefficient (Wildman–Crippen LogP) is 3.55. The quantitative estimate of drug-likeness (QED) is 0.706. The second kappa shape index (κ2) is 8.62. The van der Waals surface area contributed by atoms with Crippen LogP contribution in [0.2, 0.25) is 0 Å². The minimum Gasteiger partial charge on any atom is -0.370 e. The van der Waals surface area contributed by atoms with Gasteiger partial charge in [-0.25, -0.2) is 0 Å². The molecule has 6 nitrogen and oxygen atoms in total. The molecular formula is C25H31NO5. The van der Waals surface area contributed by atoms with E-state index in [9.17, 15) is 0 Å². The fourth-order valence-electron chi connectivity index (χ4n) is 5.11. The van der Waals surface area contributed by atoms with E-state index < -0.39 is 5.79 Å². The molecule has 6 heteroatoms. The lowest BCUT2D eigenvalue weighted by molar-refractivity contribution is -0.194. The van der Waals surface area contributed by atoms with Crippen molar-refractivity contribution in [1.82, 2.24) is 5.06 Å². The van der Waals surface area contributed by atoms with Crippen molar-refractivity contribution in [3.05, 3.63) is 71.8 Å². The predicted molar refractivity (Wildman–Crippen MR) is 115 cm³/mol. The van der Waals surface area contributed by atoms with Crippen molar-refractivity contribution in [2.24, 2.45) is 5.92 Å². The molecule has 166 valence electrons. The summed E-state index contributed by atoms with van der Waals surface area (Å²) in [7, 11) is 1.97. The summed E-state index contributed by atoms with van der Waals surface area (Å²) in [6.45, 7) is 5.55. The summed E-state index contributed by atoms with van der Waals surface area (Å²) in [6.07, 6.45) is -0.764. The Morgan fingerprint density at radius 3 is 1.94 bits per heavy atom. The van der Waals surface area contributed by atoms with Crippen LogP contribution in [0, 0.1) is 5.92 Å². The summed E-state index contributed by atoms with van der Waals surface area (Å²) < 4.78 is 25.7. The van der Waals surface area contributed by atoms with E-state index in [4.69, 9.17) is 23.8 Å². The van der Waals surface area contributed by atoms with Crippen LogP contribution >= 0.6 is 0 Å². The number of ether oxygens (including phenoxy) is 4. The Kier molecular flexibility index (Phi) is 5.86. The highest BCUT2D eigenvalue weighted by Crippen LogP contribution is 2.45. The van der Waals surface area contributed by atoms with Crippen LogP contribution in [0.25, 0.3) is 0 Å². The first-order chi connectivity index (χ1) is 15.0. The van der Waals surface area contributed by atoms with Crippen LogP contribution in [0.3, 0.4) is 0 Å². The van der Waals surface area contributed by atoms with Crippen molar-refractivity contribution in [1.29, 1.82) is 0 Å². The molecule has 0 spiro atoms. The van der Waals surface area contributed by atoms with E-state index >= 15 is 0 Å². The van der Waals surface area contributed by atoms with Crippen molar-refractivity contribution in [2.75, 3.05) is 13.7 Å². The lowest BCUT2D eigenvalue weighted by Gasteiger charge is -2.44. The molecule has 0 amide bonds. The minimum atomic E-state index is -0.684. The van der Waals surface area contributed by atoms with Gasteiger partial charge in [0, 0.05) is 13.0 Å². The van der Waals surface area contributed by atoms with Crippen LogP contribution in [-0.2, 0) is 37.0 Å². The number of fused-ring (bicyclic) bond motifs is 2. The van der Waals surface area contributed by atoms with Gasteiger partial charge in [-0.2, -0.15) is 5.06 Å². The highest BCUT2D eigenvalue weighted by Gasteiger charge is 2.62. The van der Waals surface area contributed by atoms with Gasteiger partial charge in [0.25, 0.3) is 0 Å². The molecule has 2 aliphatic heterocycles. The number of nitrogens with zero attached hydrogens (tertiary/aromatic N) is 1. The van der Waals surface area contributed by atoms with Gasteiger partial charge in [-0.15, -0.1) is 0 Å². The van der Waals surface area contributed by atoms with Crippen LogP contribution in [0.1, 0.15) is 25.0 Å². The SMILES string of the molecule is CN1OCC2C1[C@@H](OCc1ccccc1)[C@@H]1OC(C)(C)O[C@@H]1[C@@H]2OCc1ccccc1. The van der Waals surface area contributed by atoms with Gasteiger partial charge in [0.05, 0.1) is 32.0 Å². The van der Waals surface area contributed by atoms with Gasteiger partial charge >= 0.3 is 0 Å². The Balaban J connectivity index is 1.39. The smallest absolute Gasteiger partial charge is 0.164 e. The molecule has 1 aliphatic carbocycles. The maximum atomic E-state index is 6.49. The van der Waals surface area contributed by atoms with E-state index in [1.165, 1.54) is 0 Å². The zero-order chi connectivity index (χ0) is 21.4. The Hall–Kier alpha value is -1.80. The molecule has 0 bridgehead atoms. The normalized spacial score (nSPS) is 34.4. The van der Waals surface area contributed by atoms with Crippen molar-refractivity contribution in [3.63, 3.8) is 0 Å². The summed E-state index contributed by atoms with van der Waals surface area (Å²) in [5.41, 5.74) is 2.28. The first kappa shape index (κ1) is 21.1. The maximum Gasteiger partial charge on any atom is 0.164 e. The second-order valence-electron chi connectivity index (χ2n) is 9.08. The van der Waals surface area contributed by atoms with Crippen LogP contribution < -0.4 is 0 Å². The van der Waals surface area contributed by atoms with Crippen molar-refractivity contribution in [2.45, 2.75) is 63.3 Å². The molecule has 2 aromatic rings. The number of benzene rings is 2. The average molecular weight is 426 g/mol. The number of hydrogen-bond donors (Lipinski definition) is 0. The fourth-order valence-corrected chi connectivity index (χ4v) is 5.11. The molecule has 5 rings (SSSR count). The zero-order valence-electron chi connectivity index (χ0n) is 18.3. The summed E-state index contributed by atoms with van der Waals surface area (Å²) in [5.74, 6) is -0.552. The van der Waals surface area contributed by atoms with Gasteiger partial charge in [-0.1, -0.05) is 60.7 Å². The third kappa shape index (κ3) is 4.29. The Morgan fingerprint density at radius 2 is 1.35 bits per heavy atom. The highest BCUT2D eigenvalue weighted by atomic mass is 16.8. The molecule has 0 N–H and O–H groups in total. The first-order valence-electron chi connectivity index (χ1n) is 11.0. The van der Waals surface area contributed by atoms with E-state index in [0.717, 1.165) is 11.1 Å². The average Bonchev–Trinajstić information content (AvgIpc) is 3.31. The van der Waals surface area contributed by atoms with E-state index in [1.54, 1.807) is 0 Å². The number of rotatable bonds is 6. The van der Waals surface area contributed by atoms with Crippen molar-refractivity contribution in [3.8, 4) is 0 Å². The summed E-state index contributed by atoms with van der Waals surface area (Å²) in [5, 5.41) is 1.92. The van der Waals surface area contributed by atoms with Crippen molar-refractivity contribution >= 4 is 0 Å². The molecule has 6 atom stereocenters. The Labute approximate surface area is 183 Å². The topological polar surface area (TPSA) is 49.4 Å². The summed E-state index contributed by atoms with van der Waals surface area (Å²) in [6, 6.07) is 20.5. The van der Waals surface area contributed by atoms with E-state index in [2.05, 4.69) is 24.3 Å². The van der Waals surface area contributed by atoms with Crippen LogP contribution in [0.5, 0.6) is 0 Å². The molecule has 2 saturated heterocycles. The number of hydrogen-bond acceptors (Lipinski definition) is 6. The summed E-state index contributed by atoms with van der Waals surface area (Å²) in [4.78, 5) is 5.94. The molecule has 2 aromatic carbocycles. The van der Waals surface area contributed by atoms with Crippen LogP contribution in [0.4, 0.5) is 0 Å². The third-order valence-corrected chi connectivity index (χ3v) is 6.47. The van der Waals surface area contributed by atoms with Crippen LogP contribution in [0.15, 0.2) is 60.7 Å². The van der Waals surface area contributed by atoms with Gasteiger partial charge in [0.1, 0.15) is 18.3 Å². The number of likely N-dealkylation sites (N-methyl/N-ethyl adjacent to an activating group) is 1. The fraction of sp³-hybridized carbons (Fsp3) is 0.520. The van der Waals surface area contributed by atoms with E-state index in [1.807, 2.05) is 62.4 Å². The maximum absolute atomic E-state index is 6.49. The zero-order valence-corrected chi connectivity index (χ0v) is 18.3. The Morgan fingerprint density at radius 1 is 0.839 bits per heavy atom. The highest BCUT2D eigenvalue weighted by molar-refractivity contribution is 5.16. The lowest BCUT2D eigenvalue weighted by Crippen LogP contribution is -2.62. The van der Waals surface area contributed by atoms with Gasteiger partial charge in [0.2, 0.25) is 0 Å². The monoisotopic (exact) mass is 425 g/mol. The molecule has 1 saturated carbocycles. The molecule has 3 fully saturated rings. The lowest BCUT2D eigenvalue weighted by atomic mass is 9.77. The molecule has 2 heterocycles. The Bertz CT molecular complexity index is 861. The second-order valence-corrected chi connectivity index (χ2v) is 9.08. The molecule has 2 unspecified atom stereocenters. The van der Waals surface area contributed by atoms with E-state index in [0.29, 0.717) is 19.8 Å². The minimum absolute atomic E-state index is 0.0308. The largest absolute Gasteiger partial charge is 0.370 e. The third-order valence-electron chi connectivity index (χ3n) is 6.47. The molecule has 31 heavy (non-hydrogen) atoms. The molecule has 0 radical (unpaired) electrons. The first-order valence-corrected chi connectivity index (χ1v) is 11.0. The number of hydroxylamine groups is 2. The van der Waals surface area contributed by atoms with Gasteiger partial charge < -0.3 is 18.9 Å². The van der Waals surface area contributed by atoms with E-state index in [-0.39, 0.29) is 36.4 Å². The molecule has 3 aliphatic rings.